The average Bonchev–Trinajstić information content (AvgIpc) is 3.16. The summed E-state index contributed by atoms with van der Waals surface area (Å²) in [6, 6.07) is 7.56. The van der Waals surface area contributed by atoms with Crippen molar-refractivity contribution in [1.29, 1.82) is 0 Å². The quantitative estimate of drug-likeness (QED) is 0.539. The Bertz CT molecular complexity index is 927. The van der Waals surface area contributed by atoms with Gasteiger partial charge in [0.25, 0.3) is 10.0 Å². The van der Waals surface area contributed by atoms with E-state index in [0.29, 0.717) is 15.6 Å². The van der Waals surface area contributed by atoms with Crippen molar-refractivity contribution in [2.24, 2.45) is 5.73 Å². The highest BCUT2D eigenvalue weighted by Gasteiger charge is 2.33. The number of carbonyl (C=O) groups excluding carboxylic acids is 1. The number of amides is 2. The van der Waals surface area contributed by atoms with Gasteiger partial charge in [0.2, 0.25) is 0 Å². The van der Waals surface area contributed by atoms with Crippen LogP contribution < -0.4 is 11.1 Å². The molecule has 0 aliphatic rings. The molecule has 7 nitrogen and oxygen atoms in total. The largest absolute Gasteiger partial charge is 0.469 e. The molecule has 0 bridgehead atoms. The number of rotatable bonds is 6. The molecule has 1 heterocycles. The number of nitrogens with zero attached hydrogens (tertiary/aromatic N) is 1. The topological polar surface area (TPSA) is 106 Å². The molecule has 1 aromatic heterocycles. The van der Waals surface area contributed by atoms with E-state index in [1.165, 1.54) is 18.8 Å². The first-order valence-corrected chi connectivity index (χ1v) is 11.1. The van der Waals surface area contributed by atoms with Crippen LogP contribution in [0.15, 0.2) is 50.8 Å². The number of carbonyl (C=O) groups is 1. The van der Waals surface area contributed by atoms with Crippen LogP contribution in [-0.2, 0) is 10.0 Å². The normalized spacial score (nSPS) is 12.4. The molecule has 2 aromatic rings. The number of nitrogens with two attached hydrogens (primary N) is 1. The van der Waals surface area contributed by atoms with Crippen LogP contribution in [0.5, 0.6) is 0 Å². The second-order valence-corrected chi connectivity index (χ2v) is 8.54. The third-order valence-corrected chi connectivity index (χ3v) is 7.17. The number of urea groups is 1. The molecule has 0 spiro atoms. The van der Waals surface area contributed by atoms with Crippen LogP contribution in [-0.4, -0.2) is 37.2 Å². The standard InChI is InChI=1S/C17H21N3O4S3/c1-4-12(13-6-5-9-24-13)11-7-8-14(26-3)15(10-11)27(22,23)20(16(18)21)17(25)19-2/h5-10,12H,4H2,1-3H3,(H2,18,21)(H,19,25). The highest BCUT2D eigenvalue weighted by molar-refractivity contribution is 7.99. The van der Waals surface area contributed by atoms with Crippen molar-refractivity contribution >= 4 is 45.1 Å². The molecule has 0 saturated carbocycles. The molecule has 0 aliphatic carbocycles. The Hall–Kier alpha value is -2.04. The molecule has 3 N–H and O–H groups in total. The molecule has 0 radical (unpaired) electrons. The third-order valence-electron chi connectivity index (χ3n) is 4.00. The van der Waals surface area contributed by atoms with Crippen LogP contribution in [0.25, 0.3) is 0 Å². The van der Waals surface area contributed by atoms with Gasteiger partial charge in [0, 0.05) is 17.9 Å². The second-order valence-electron chi connectivity index (χ2n) is 5.55. The van der Waals surface area contributed by atoms with Gasteiger partial charge in [-0.2, -0.15) is 4.31 Å². The summed E-state index contributed by atoms with van der Waals surface area (Å²) in [4.78, 5) is 12.3. The summed E-state index contributed by atoms with van der Waals surface area (Å²) >= 11 is 6.22. The van der Waals surface area contributed by atoms with E-state index in [9.17, 15) is 13.2 Å². The van der Waals surface area contributed by atoms with E-state index in [4.69, 9.17) is 22.4 Å². The van der Waals surface area contributed by atoms with Crippen LogP contribution in [0.1, 0.15) is 30.6 Å². The third kappa shape index (κ3) is 4.28. The van der Waals surface area contributed by atoms with Gasteiger partial charge >= 0.3 is 6.03 Å². The molecule has 2 amide bonds. The molecule has 0 saturated heterocycles. The second kappa shape index (κ2) is 8.77. The van der Waals surface area contributed by atoms with Crippen molar-refractivity contribution in [1.82, 2.24) is 9.62 Å². The van der Waals surface area contributed by atoms with Crippen LogP contribution in [0.3, 0.4) is 0 Å². The van der Waals surface area contributed by atoms with Crippen molar-refractivity contribution in [3.63, 3.8) is 0 Å². The predicted octanol–water partition coefficient (Wildman–Crippen LogP) is 3.12. The first-order chi connectivity index (χ1) is 12.8. The highest BCUT2D eigenvalue weighted by atomic mass is 32.2. The van der Waals surface area contributed by atoms with E-state index >= 15 is 0 Å². The summed E-state index contributed by atoms with van der Waals surface area (Å²) in [7, 11) is -2.86. The first-order valence-electron chi connectivity index (χ1n) is 8.05. The van der Waals surface area contributed by atoms with Crippen molar-refractivity contribution in [2.75, 3.05) is 13.3 Å². The lowest BCUT2D eigenvalue weighted by atomic mass is 9.94. The lowest BCUT2D eigenvalue weighted by molar-refractivity contribution is 0.242. The van der Waals surface area contributed by atoms with Gasteiger partial charge in [-0.3, -0.25) is 0 Å². The van der Waals surface area contributed by atoms with Crippen LogP contribution in [0, 0.1) is 0 Å². The molecule has 10 heteroatoms. The monoisotopic (exact) mass is 427 g/mol. The molecular weight excluding hydrogens is 406 g/mol. The lowest BCUT2D eigenvalue weighted by Crippen LogP contribution is -2.48. The number of thiocarbonyl (C=S) groups is 1. The van der Waals surface area contributed by atoms with Gasteiger partial charge in [0.05, 0.1) is 6.26 Å². The zero-order valence-electron chi connectivity index (χ0n) is 15.1. The van der Waals surface area contributed by atoms with Crippen molar-refractivity contribution < 1.29 is 17.6 Å². The predicted molar refractivity (Wildman–Crippen MR) is 109 cm³/mol. The minimum absolute atomic E-state index is 0.0334. The summed E-state index contributed by atoms with van der Waals surface area (Å²) in [5.74, 6) is 0.610. The fraction of sp³-hybridized carbons (Fsp3) is 0.294. The number of nitrogens with one attached hydrogen (secondary N) is 1. The Kier molecular flexibility index (Phi) is 6.90. The zero-order valence-corrected chi connectivity index (χ0v) is 17.6. The molecule has 1 aromatic carbocycles. The summed E-state index contributed by atoms with van der Waals surface area (Å²) < 4.78 is 32.2. The summed E-state index contributed by atoms with van der Waals surface area (Å²) in [6.45, 7) is 1.98. The lowest BCUT2D eigenvalue weighted by Gasteiger charge is -2.23. The summed E-state index contributed by atoms with van der Waals surface area (Å²) in [6.07, 6.45) is 4.04. The maximum absolute atomic E-state index is 13.2. The maximum atomic E-state index is 13.2. The highest BCUT2D eigenvalue weighted by Crippen LogP contribution is 2.34. The number of benzene rings is 1. The smallest absolute Gasteiger partial charge is 0.335 e. The van der Waals surface area contributed by atoms with Crippen molar-refractivity contribution in [2.45, 2.75) is 29.1 Å². The van der Waals surface area contributed by atoms with E-state index in [-0.39, 0.29) is 15.9 Å². The fourth-order valence-corrected chi connectivity index (χ4v) is 5.49. The summed E-state index contributed by atoms with van der Waals surface area (Å²) in [5, 5.41) is 2.19. The Morgan fingerprint density at radius 3 is 2.59 bits per heavy atom. The molecule has 1 atom stereocenters. The maximum Gasteiger partial charge on any atom is 0.335 e. The van der Waals surface area contributed by atoms with Gasteiger partial charge in [-0.05, 0) is 54.7 Å². The molecule has 2 rings (SSSR count). The van der Waals surface area contributed by atoms with Gasteiger partial charge in [-0.1, -0.05) is 13.0 Å². The molecule has 0 fully saturated rings. The van der Waals surface area contributed by atoms with Crippen LogP contribution in [0.4, 0.5) is 4.79 Å². The van der Waals surface area contributed by atoms with Gasteiger partial charge in [-0.15, -0.1) is 11.8 Å². The Labute approximate surface area is 168 Å². The van der Waals surface area contributed by atoms with Crippen LogP contribution in [0.2, 0.25) is 0 Å². The van der Waals surface area contributed by atoms with E-state index in [1.54, 1.807) is 30.7 Å². The molecule has 27 heavy (non-hydrogen) atoms. The Balaban J connectivity index is 2.64. The SMILES string of the molecule is CCC(c1ccc(SC)c(S(=O)(=O)N(C(N)=O)C(=S)NC)c1)c1ccco1. The van der Waals surface area contributed by atoms with Gasteiger partial charge in [-0.25, -0.2) is 13.2 Å². The van der Waals surface area contributed by atoms with Gasteiger partial charge in [0.1, 0.15) is 10.7 Å². The average molecular weight is 428 g/mol. The molecule has 146 valence electrons. The number of primary amides is 1. The van der Waals surface area contributed by atoms with E-state index < -0.39 is 16.1 Å². The van der Waals surface area contributed by atoms with E-state index in [1.807, 2.05) is 19.1 Å². The number of hydrogen-bond donors (Lipinski definition) is 2. The Morgan fingerprint density at radius 2 is 2.11 bits per heavy atom. The minimum atomic E-state index is -4.28. The van der Waals surface area contributed by atoms with Gasteiger partial charge in [0.15, 0.2) is 5.11 Å². The summed E-state index contributed by atoms with van der Waals surface area (Å²) in [5.41, 5.74) is 6.04. The van der Waals surface area contributed by atoms with Gasteiger partial charge < -0.3 is 15.5 Å². The number of sulfonamides is 1. The Morgan fingerprint density at radius 1 is 1.41 bits per heavy atom. The first kappa shape index (κ1) is 21.3. The van der Waals surface area contributed by atoms with E-state index in [0.717, 1.165) is 11.3 Å². The molecule has 0 aliphatic heterocycles. The number of furan rings is 1. The molecule has 1 unspecified atom stereocenters. The fourth-order valence-electron chi connectivity index (χ4n) is 2.73. The zero-order chi connectivity index (χ0) is 20.2. The number of hydrogen-bond acceptors (Lipinski definition) is 6. The van der Waals surface area contributed by atoms with E-state index in [2.05, 4.69) is 5.32 Å². The minimum Gasteiger partial charge on any atom is -0.469 e. The molecular formula is C17H21N3O4S3. The van der Waals surface area contributed by atoms with Crippen molar-refractivity contribution in [3.05, 3.63) is 47.9 Å². The number of thioether (sulfide) groups is 1. The van der Waals surface area contributed by atoms with Crippen molar-refractivity contribution in [3.8, 4) is 0 Å². The van der Waals surface area contributed by atoms with Crippen LogP contribution >= 0.6 is 24.0 Å².